The van der Waals surface area contributed by atoms with E-state index in [9.17, 15) is 4.79 Å². The Morgan fingerprint density at radius 2 is 1.54 bits per heavy atom. The topological polar surface area (TPSA) is 59.9 Å². The Bertz CT molecular complexity index is 980. The van der Waals surface area contributed by atoms with E-state index in [2.05, 4.69) is 10.5 Å². The van der Waals surface area contributed by atoms with Gasteiger partial charge in [-0.1, -0.05) is 42.5 Å². The fraction of sp³-hybridized carbons (Fsp3) is 0.130. The smallest absolute Gasteiger partial charge is 0.271 e. The number of carbonyl (C=O) groups excluding carboxylic acids is 1. The number of carbonyl (C=O) groups is 1. The fourth-order valence-electron chi connectivity index (χ4n) is 2.80. The van der Waals surface area contributed by atoms with Gasteiger partial charge < -0.3 is 9.47 Å². The zero-order valence-electron chi connectivity index (χ0n) is 16.1. The Morgan fingerprint density at radius 3 is 2.18 bits per heavy atom. The molecular weight excluding hydrogens is 352 g/mol. The van der Waals surface area contributed by atoms with E-state index in [1.165, 1.54) is 0 Å². The zero-order valence-corrected chi connectivity index (χ0v) is 16.1. The highest BCUT2D eigenvalue weighted by Gasteiger charge is 2.10. The van der Waals surface area contributed by atoms with Crippen LogP contribution in [0, 0.1) is 0 Å². The van der Waals surface area contributed by atoms with E-state index in [0.717, 1.165) is 16.7 Å². The van der Waals surface area contributed by atoms with Crippen LogP contribution in [0.4, 0.5) is 0 Å². The molecule has 1 amide bonds. The second-order valence-corrected chi connectivity index (χ2v) is 6.15. The molecule has 0 fully saturated rings. The molecule has 0 saturated carbocycles. The van der Waals surface area contributed by atoms with Crippen LogP contribution in [0.5, 0.6) is 11.5 Å². The van der Waals surface area contributed by atoms with Gasteiger partial charge >= 0.3 is 0 Å². The van der Waals surface area contributed by atoms with E-state index in [1.54, 1.807) is 32.4 Å². The van der Waals surface area contributed by atoms with Gasteiger partial charge in [-0.25, -0.2) is 5.43 Å². The summed E-state index contributed by atoms with van der Waals surface area (Å²) in [5.41, 5.74) is 6.71. The van der Waals surface area contributed by atoms with Crippen LogP contribution in [0.3, 0.4) is 0 Å². The third-order valence-corrected chi connectivity index (χ3v) is 4.38. The Balaban J connectivity index is 1.72. The van der Waals surface area contributed by atoms with Crippen LogP contribution < -0.4 is 14.9 Å². The van der Waals surface area contributed by atoms with Crippen molar-refractivity contribution in [1.29, 1.82) is 0 Å². The molecule has 0 heterocycles. The summed E-state index contributed by atoms with van der Waals surface area (Å²) < 4.78 is 10.6. The molecule has 0 aliphatic rings. The molecule has 0 saturated heterocycles. The maximum atomic E-state index is 12.4. The highest BCUT2D eigenvalue weighted by Crippen LogP contribution is 2.25. The third-order valence-electron chi connectivity index (χ3n) is 4.38. The van der Waals surface area contributed by atoms with E-state index in [1.807, 2.05) is 61.5 Å². The Hall–Kier alpha value is -3.60. The molecule has 0 unspecified atom stereocenters. The minimum atomic E-state index is -0.272. The predicted octanol–water partition coefficient (Wildman–Crippen LogP) is 4.52. The van der Waals surface area contributed by atoms with E-state index in [4.69, 9.17) is 9.47 Å². The van der Waals surface area contributed by atoms with Crippen LogP contribution in [0.1, 0.15) is 22.8 Å². The monoisotopic (exact) mass is 374 g/mol. The highest BCUT2D eigenvalue weighted by atomic mass is 16.5. The second-order valence-electron chi connectivity index (χ2n) is 6.15. The van der Waals surface area contributed by atoms with Crippen molar-refractivity contribution in [2.75, 3.05) is 14.2 Å². The molecule has 0 radical (unpaired) electrons. The first kappa shape index (κ1) is 19.2. The number of methoxy groups -OCH3 is 2. The fourth-order valence-corrected chi connectivity index (χ4v) is 2.80. The maximum absolute atomic E-state index is 12.4. The number of benzene rings is 3. The molecule has 3 aromatic rings. The van der Waals surface area contributed by atoms with Crippen molar-refractivity contribution >= 4 is 11.6 Å². The second kappa shape index (κ2) is 8.86. The van der Waals surface area contributed by atoms with Gasteiger partial charge in [0.1, 0.15) is 11.5 Å². The lowest BCUT2D eigenvalue weighted by Crippen LogP contribution is -2.19. The molecule has 0 atom stereocenters. The average Bonchev–Trinajstić information content (AvgIpc) is 2.77. The van der Waals surface area contributed by atoms with Crippen molar-refractivity contribution in [3.05, 3.63) is 83.9 Å². The number of rotatable bonds is 6. The summed E-state index contributed by atoms with van der Waals surface area (Å²) in [5.74, 6) is 1.05. The number of ether oxygens (including phenoxy) is 2. The van der Waals surface area contributed by atoms with Crippen molar-refractivity contribution < 1.29 is 14.3 Å². The summed E-state index contributed by atoms with van der Waals surface area (Å²) >= 11 is 0. The van der Waals surface area contributed by atoms with Crippen molar-refractivity contribution in [3.8, 4) is 22.6 Å². The normalized spacial score (nSPS) is 11.0. The van der Waals surface area contributed by atoms with Crippen LogP contribution in [-0.4, -0.2) is 25.8 Å². The summed E-state index contributed by atoms with van der Waals surface area (Å²) in [6, 6.07) is 22.9. The van der Waals surface area contributed by atoms with E-state index >= 15 is 0 Å². The molecule has 3 aromatic carbocycles. The molecule has 1 N–H and O–H groups in total. The van der Waals surface area contributed by atoms with E-state index in [-0.39, 0.29) is 5.91 Å². The largest absolute Gasteiger partial charge is 0.497 e. The number of hydrogen-bond acceptors (Lipinski definition) is 4. The van der Waals surface area contributed by atoms with Crippen molar-refractivity contribution in [2.45, 2.75) is 6.92 Å². The first-order valence-electron chi connectivity index (χ1n) is 8.85. The first-order valence-corrected chi connectivity index (χ1v) is 8.85. The zero-order chi connectivity index (χ0) is 19.9. The molecule has 0 aliphatic heterocycles. The molecule has 0 aromatic heterocycles. The minimum Gasteiger partial charge on any atom is -0.497 e. The Kier molecular flexibility index (Phi) is 6.07. The van der Waals surface area contributed by atoms with Crippen LogP contribution >= 0.6 is 0 Å². The van der Waals surface area contributed by atoms with Gasteiger partial charge in [-0.15, -0.1) is 0 Å². The lowest BCUT2D eigenvalue weighted by molar-refractivity contribution is 0.0955. The van der Waals surface area contributed by atoms with Crippen LogP contribution in [-0.2, 0) is 0 Å². The molecule has 0 spiro atoms. The van der Waals surface area contributed by atoms with Crippen LogP contribution in [0.2, 0.25) is 0 Å². The molecule has 5 heteroatoms. The number of amides is 1. The third kappa shape index (κ3) is 4.38. The molecule has 0 bridgehead atoms. The summed E-state index contributed by atoms with van der Waals surface area (Å²) in [4.78, 5) is 12.4. The SMILES string of the molecule is COc1ccc(/C(C)=N/NC(=O)c2ccc(-c3ccccc3)cc2)c(OC)c1. The molecule has 0 aliphatic carbocycles. The standard InChI is InChI=1S/C23H22N2O3/c1-16(21-14-13-20(27-2)15-22(21)28-3)24-25-23(26)19-11-9-18(10-12-19)17-7-5-4-6-8-17/h4-15H,1-3H3,(H,25,26)/b24-16+. The summed E-state index contributed by atoms with van der Waals surface area (Å²) in [5, 5.41) is 4.21. The average molecular weight is 374 g/mol. The van der Waals surface area contributed by atoms with Gasteiger partial charge in [0, 0.05) is 17.2 Å². The van der Waals surface area contributed by atoms with E-state index in [0.29, 0.717) is 22.8 Å². The minimum absolute atomic E-state index is 0.272. The van der Waals surface area contributed by atoms with Gasteiger partial charge in [0.15, 0.2) is 0 Å². The summed E-state index contributed by atoms with van der Waals surface area (Å²) in [6.45, 7) is 1.81. The van der Waals surface area contributed by atoms with Crippen LogP contribution in [0.15, 0.2) is 77.9 Å². The Morgan fingerprint density at radius 1 is 0.857 bits per heavy atom. The first-order chi connectivity index (χ1) is 13.6. The lowest BCUT2D eigenvalue weighted by Gasteiger charge is -2.10. The molecule has 28 heavy (non-hydrogen) atoms. The molecule has 142 valence electrons. The molecular formula is C23H22N2O3. The lowest BCUT2D eigenvalue weighted by atomic mass is 10.0. The highest BCUT2D eigenvalue weighted by molar-refractivity contribution is 6.03. The van der Waals surface area contributed by atoms with Crippen LogP contribution in [0.25, 0.3) is 11.1 Å². The summed E-state index contributed by atoms with van der Waals surface area (Å²) in [7, 11) is 3.18. The molecule has 3 rings (SSSR count). The molecule has 5 nitrogen and oxygen atoms in total. The van der Waals surface area contributed by atoms with Gasteiger partial charge in [0.25, 0.3) is 5.91 Å². The maximum Gasteiger partial charge on any atom is 0.271 e. The van der Waals surface area contributed by atoms with Gasteiger partial charge in [-0.05, 0) is 42.3 Å². The van der Waals surface area contributed by atoms with Gasteiger partial charge in [-0.3, -0.25) is 4.79 Å². The summed E-state index contributed by atoms with van der Waals surface area (Å²) in [6.07, 6.45) is 0. The predicted molar refractivity (Wildman–Crippen MR) is 111 cm³/mol. The number of hydrogen-bond donors (Lipinski definition) is 1. The van der Waals surface area contributed by atoms with Gasteiger partial charge in [0.05, 0.1) is 19.9 Å². The van der Waals surface area contributed by atoms with Crippen molar-refractivity contribution in [1.82, 2.24) is 5.43 Å². The Labute approximate surface area is 164 Å². The number of hydrazone groups is 1. The van der Waals surface area contributed by atoms with E-state index < -0.39 is 0 Å². The van der Waals surface area contributed by atoms with Crippen molar-refractivity contribution in [2.24, 2.45) is 5.10 Å². The number of nitrogens with zero attached hydrogens (tertiary/aromatic N) is 1. The van der Waals surface area contributed by atoms with Crippen molar-refractivity contribution in [3.63, 3.8) is 0 Å². The van der Waals surface area contributed by atoms with Gasteiger partial charge in [-0.2, -0.15) is 5.10 Å². The number of nitrogens with one attached hydrogen (secondary N) is 1. The van der Waals surface area contributed by atoms with Gasteiger partial charge in [0.2, 0.25) is 0 Å². The quantitative estimate of drug-likeness (QED) is 0.510.